The van der Waals surface area contributed by atoms with Gasteiger partial charge in [-0.2, -0.15) is 4.98 Å². The number of benzene rings is 1. The first-order valence-electron chi connectivity index (χ1n) is 4.82. The summed E-state index contributed by atoms with van der Waals surface area (Å²) in [6.45, 7) is 0. The van der Waals surface area contributed by atoms with Crippen LogP contribution in [-0.2, 0) is 0 Å². The Balaban J connectivity index is 1.96. The molecule has 0 amide bonds. The molecular weight excluding hydrogens is 176 g/mol. The van der Waals surface area contributed by atoms with Crippen LogP contribution < -0.4 is 0 Å². The Morgan fingerprint density at radius 3 is 2.64 bits per heavy atom. The van der Waals surface area contributed by atoms with Crippen LogP contribution in [0.25, 0.3) is 11.4 Å². The first-order valence-corrected chi connectivity index (χ1v) is 4.82. The highest BCUT2D eigenvalue weighted by Gasteiger charge is 2.29. The van der Waals surface area contributed by atoms with Crippen molar-refractivity contribution in [1.82, 2.24) is 10.1 Å². The zero-order valence-corrected chi connectivity index (χ0v) is 7.68. The molecule has 1 aromatic carbocycles. The fourth-order valence-electron chi connectivity index (χ4n) is 1.44. The molecule has 0 radical (unpaired) electrons. The second kappa shape index (κ2) is 2.94. The van der Waals surface area contributed by atoms with Crippen molar-refractivity contribution < 1.29 is 4.52 Å². The quantitative estimate of drug-likeness (QED) is 0.723. The van der Waals surface area contributed by atoms with E-state index in [1.54, 1.807) is 0 Å². The summed E-state index contributed by atoms with van der Waals surface area (Å²) in [5, 5.41) is 3.96. The third-order valence-electron chi connectivity index (χ3n) is 2.40. The SMILES string of the molecule is c1ccc(-c2noc(C3CC3)n2)cc1. The Bertz CT molecular complexity index is 432. The summed E-state index contributed by atoms with van der Waals surface area (Å²) < 4.78 is 5.18. The Kier molecular flexibility index (Phi) is 1.63. The molecular formula is C11H10N2O. The van der Waals surface area contributed by atoms with E-state index in [9.17, 15) is 0 Å². The van der Waals surface area contributed by atoms with Gasteiger partial charge in [0, 0.05) is 11.5 Å². The molecule has 0 atom stereocenters. The van der Waals surface area contributed by atoms with Gasteiger partial charge in [-0.15, -0.1) is 0 Å². The lowest BCUT2D eigenvalue weighted by Crippen LogP contribution is -1.80. The van der Waals surface area contributed by atoms with Crippen molar-refractivity contribution in [2.45, 2.75) is 18.8 Å². The molecule has 3 rings (SSSR count). The third-order valence-corrected chi connectivity index (χ3v) is 2.40. The summed E-state index contributed by atoms with van der Waals surface area (Å²) in [4.78, 5) is 4.36. The highest BCUT2D eigenvalue weighted by Crippen LogP contribution is 2.39. The van der Waals surface area contributed by atoms with Gasteiger partial charge >= 0.3 is 0 Å². The summed E-state index contributed by atoms with van der Waals surface area (Å²) in [5.74, 6) is 2.02. The van der Waals surface area contributed by atoms with Crippen molar-refractivity contribution >= 4 is 0 Å². The highest BCUT2D eigenvalue weighted by molar-refractivity contribution is 5.53. The van der Waals surface area contributed by atoms with Crippen molar-refractivity contribution in [1.29, 1.82) is 0 Å². The molecule has 14 heavy (non-hydrogen) atoms. The molecule has 1 aromatic heterocycles. The number of aromatic nitrogens is 2. The molecule has 1 aliphatic carbocycles. The molecule has 70 valence electrons. The van der Waals surface area contributed by atoms with E-state index < -0.39 is 0 Å². The minimum absolute atomic E-state index is 0.528. The minimum atomic E-state index is 0.528. The third kappa shape index (κ3) is 1.31. The molecule has 0 unspecified atom stereocenters. The minimum Gasteiger partial charge on any atom is -0.339 e. The van der Waals surface area contributed by atoms with Gasteiger partial charge in [0.25, 0.3) is 0 Å². The summed E-state index contributed by atoms with van der Waals surface area (Å²) in [5.41, 5.74) is 1.02. The fourth-order valence-corrected chi connectivity index (χ4v) is 1.44. The van der Waals surface area contributed by atoms with Gasteiger partial charge in [0.1, 0.15) is 0 Å². The Hall–Kier alpha value is -1.64. The van der Waals surface area contributed by atoms with Crippen molar-refractivity contribution in [2.75, 3.05) is 0 Å². The lowest BCUT2D eigenvalue weighted by molar-refractivity contribution is 0.380. The predicted molar refractivity (Wildman–Crippen MR) is 51.7 cm³/mol. The van der Waals surface area contributed by atoms with Crippen LogP contribution in [0.5, 0.6) is 0 Å². The number of hydrogen-bond acceptors (Lipinski definition) is 3. The zero-order chi connectivity index (χ0) is 9.38. The monoisotopic (exact) mass is 186 g/mol. The molecule has 0 bridgehead atoms. The van der Waals surface area contributed by atoms with E-state index >= 15 is 0 Å². The van der Waals surface area contributed by atoms with Gasteiger partial charge in [-0.1, -0.05) is 35.5 Å². The van der Waals surface area contributed by atoms with Crippen molar-refractivity contribution in [3.8, 4) is 11.4 Å². The van der Waals surface area contributed by atoms with Crippen LogP contribution in [0.2, 0.25) is 0 Å². The molecule has 1 saturated carbocycles. The van der Waals surface area contributed by atoms with Crippen LogP contribution in [0, 0.1) is 0 Å². The summed E-state index contributed by atoms with van der Waals surface area (Å²) in [6.07, 6.45) is 2.38. The maximum atomic E-state index is 5.18. The predicted octanol–water partition coefficient (Wildman–Crippen LogP) is 2.61. The average Bonchev–Trinajstić information content (AvgIpc) is 2.98. The lowest BCUT2D eigenvalue weighted by Gasteiger charge is -1.90. The van der Waals surface area contributed by atoms with Gasteiger partial charge in [0.05, 0.1) is 0 Å². The van der Waals surface area contributed by atoms with Crippen LogP contribution in [-0.4, -0.2) is 10.1 Å². The summed E-state index contributed by atoms with van der Waals surface area (Å²) in [7, 11) is 0. The molecule has 3 nitrogen and oxygen atoms in total. The van der Waals surface area contributed by atoms with Crippen LogP contribution in [0.15, 0.2) is 34.9 Å². The van der Waals surface area contributed by atoms with Crippen LogP contribution in [0.4, 0.5) is 0 Å². The molecule has 1 aliphatic rings. The maximum Gasteiger partial charge on any atom is 0.230 e. The highest BCUT2D eigenvalue weighted by atomic mass is 16.5. The molecule has 0 aliphatic heterocycles. The Morgan fingerprint density at radius 1 is 1.14 bits per heavy atom. The second-order valence-electron chi connectivity index (χ2n) is 3.60. The zero-order valence-electron chi connectivity index (χ0n) is 7.68. The van der Waals surface area contributed by atoms with Crippen molar-refractivity contribution in [3.05, 3.63) is 36.2 Å². The molecule has 0 spiro atoms. The number of nitrogens with zero attached hydrogens (tertiary/aromatic N) is 2. The van der Waals surface area contributed by atoms with Gasteiger partial charge in [-0.05, 0) is 12.8 Å². The maximum absolute atomic E-state index is 5.18. The van der Waals surface area contributed by atoms with E-state index in [0.29, 0.717) is 11.7 Å². The molecule has 0 saturated heterocycles. The van der Waals surface area contributed by atoms with Crippen LogP contribution >= 0.6 is 0 Å². The number of rotatable bonds is 2. The summed E-state index contributed by atoms with van der Waals surface area (Å²) >= 11 is 0. The van der Waals surface area contributed by atoms with Gasteiger partial charge in [0.2, 0.25) is 11.7 Å². The first-order chi connectivity index (χ1) is 6.93. The second-order valence-corrected chi connectivity index (χ2v) is 3.60. The number of hydrogen-bond donors (Lipinski definition) is 0. The molecule has 1 heterocycles. The fraction of sp³-hybridized carbons (Fsp3) is 0.273. The van der Waals surface area contributed by atoms with Gasteiger partial charge in [-0.25, -0.2) is 0 Å². The normalized spacial score (nSPS) is 15.7. The van der Waals surface area contributed by atoms with Crippen molar-refractivity contribution in [2.24, 2.45) is 0 Å². The molecule has 0 N–H and O–H groups in total. The van der Waals surface area contributed by atoms with Gasteiger partial charge in [-0.3, -0.25) is 0 Å². The largest absolute Gasteiger partial charge is 0.339 e. The van der Waals surface area contributed by atoms with Crippen LogP contribution in [0.3, 0.4) is 0 Å². The topological polar surface area (TPSA) is 38.9 Å². The van der Waals surface area contributed by atoms with E-state index in [1.807, 2.05) is 30.3 Å². The van der Waals surface area contributed by atoms with E-state index in [-0.39, 0.29) is 0 Å². The Morgan fingerprint density at radius 2 is 1.93 bits per heavy atom. The van der Waals surface area contributed by atoms with E-state index in [1.165, 1.54) is 12.8 Å². The standard InChI is InChI=1S/C11H10N2O/c1-2-4-8(5-3-1)10-12-11(14-13-10)9-6-7-9/h1-5,9H,6-7H2. The Labute approximate surface area is 81.8 Å². The summed E-state index contributed by atoms with van der Waals surface area (Å²) in [6, 6.07) is 9.90. The lowest BCUT2D eigenvalue weighted by atomic mass is 10.2. The first kappa shape index (κ1) is 7.74. The van der Waals surface area contributed by atoms with Gasteiger partial charge in [0.15, 0.2) is 0 Å². The van der Waals surface area contributed by atoms with Crippen LogP contribution in [0.1, 0.15) is 24.7 Å². The van der Waals surface area contributed by atoms with E-state index in [2.05, 4.69) is 10.1 Å². The smallest absolute Gasteiger partial charge is 0.230 e. The average molecular weight is 186 g/mol. The van der Waals surface area contributed by atoms with E-state index in [0.717, 1.165) is 11.5 Å². The van der Waals surface area contributed by atoms with Gasteiger partial charge < -0.3 is 4.52 Å². The van der Waals surface area contributed by atoms with E-state index in [4.69, 9.17) is 4.52 Å². The molecule has 3 heteroatoms. The molecule has 2 aromatic rings. The van der Waals surface area contributed by atoms with Crippen molar-refractivity contribution in [3.63, 3.8) is 0 Å². The molecule has 1 fully saturated rings.